The molecule has 0 saturated heterocycles. The Morgan fingerprint density at radius 1 is 1.10 bits per heavy atom. The van der Waals surface area contributed by atoms with Crippen molar-refractivity contribution in [2.75, 3.05) is 20.3 Å². The second kappa shape index (κ2) is 24.6. The monoisotopic (exact) mass is 552 g/mol. The van der Waals surface area contributed by atoms with Crippen molar-refractivity contribution in [2.24, 2.45) is 11.3 Å². The minimum absolute atomic E-state index is 0.0386. The lowest BCUT2D eigenvalue weighted by molar-refractivity contribution is -0.138. The van der Waals surface area contributed by atoms with Crippen LogP contribution in [0, 0.1) is 11.3 Å². The van der Waals surface area contributed by atoms with E-state index in [0.717, 1.165) is 30.9 Å². The van der Waals surface area contributed by atoms with Crippen LogP contribution in [-0.2, 0) is 19.1 Å². The molecule has 1 aliphatic rings. The molecule has 0 fully saturated rings. The number of allylic oxidation sites excluding steroid dienone is 5. The molecule has 0 aromatic rings. The fourth-order valence-corrected chi connectivity index (χ4v) is 3.39. The number of aliphatic carboxylic acids is 1. The largest absolute Gasteiger partial charge is 0.481 e. The molecule has 7 heteroatoms. The average Bonchev–Trinajstić information content (AvgIpc) is 3.07. The molecule has 0 radical (unpaired) electrons. The van der Waals surface area contributed by atoms with E-state index in [2.05, 4.69) is 24.4 Å². The van der Waals surface area contributed by atoms with Gasteiger partial charge in [0.15, 0.2) is 0 Å². The third-order valence-corrected chi connectivity index (χ3v) is 5.67. The van der Waals surface area contributed by atoms with E-state index >= 15 is 0 Å². The van der Waals surface area contributed by atoms with Gasteiger partial charge in [0.1, 0.15) is 0 Å². The second-order valence-electron chi connectivity index (χ2n) is 10.6. The summed E-state index contributed by atoms with van der Waals surface area (Å²) in [5, 5.41) is 11.2. The van der Waals surface area contributed by atoms with Crippen LogP contribution in [0.15, 0.2) is 35.6 Å². The average molecular weight is 553 g/mol. The standard InChI is InChI=1S/C13H19NO.C9H17NO3.C8H18O.C2H6/c1-10(2)13(15)14(4)12-9-7-5-6-8-11(12)3;1-6(11)10-7(5-8(12)13)9(2,3)4;1-3-5-6-7-8-9-4-2;1-2/h5-6,8-10H,7H2,1-4H3;7H,5H2,1-4H3,(H,10,11)(H,12,13);3-8H2,1-2H3;1-2H3/t;7-;;/m.1../s1. The van der Waals surface area contributed by atoms with Gasteiger partial charge in [0.2, 0.25) is 11.8 Å². The number of rotatable bonds is 11. The quantitative estimate of drug-likeness (QED) is 0.258. The number of carbonyl (C=O) groups is 3. The molecule has 0 saturated carbocycles. The highest BCUT2D eigenvalue weighted by atomic mass is 16.5. The number of hydrogen-bond donors (Lipinski definition) is 2. The maximum atomic E-state index is 11.8. The Kier molecular flexibility index (Phi) is 25.9. The number of nitrogens with one attached hydrogen (secondary N) is 1. The zero-order valence-electron chi connectivity index (χ0n) is 27.1. The number of ether oxygens (including phenoxy) is 1. The van der Waals surface area contributed by atoms with Gasteiger partial charge in [-0.2, -0.15) is 0 Å². The lowest BCUT2D eigenvalue weighted by Crippen LogP contribution is -2.44. The summed E-state index contributed by atoms with van der Waals surface area (Å²) in [6.07, 6.45) is 14.3. The van der Waals surface area contributed by atoms with Gasteiger partial charge in [0, 0.05) is 44.8 Å². The molecule has 1 atom stereocenters. The van der Waals surface area contributed by atoms with Gasteiger partial charge in [0.25, 0.3) is 0 Å². The van der Waals surface area contributed by atoms with Crippen LogP contribution in [0.25, 0.3) is 0 Å². The molecule has 1 aliphatic carbocycles. The van der Waals surface area contributed by atoms with Gasteiger partial charge in [0.05, 0.1) is 6.42 Å². The summed E-state index contributed by atoms with van der Waals surface area (Å²) in [6.45, 7) is 23.1. The van der Waals surface area contributed by atoms with Crippen molar-refractivity contribution in [1.29, 1.82) is 0 Å². The van der Waals surface area contributed by atoms with E-state index in [9.17, 15) is 14.4 Å². The van der Waals surface area contributed by atoms with E-state index in [1.54, 1.807) is 4.90 Å². The molecule has 7 nitrogen and oxygen atoms in total. The van der Waals surface area contributed by atoms with Crippen LogP contribution in [-0.4, -0.2) is 54.1 Å². The smallest absolute Gasteiger partial charge is 0.305 e. The number of carboxylic acids is 1. The lowest BCUT2D eigenvalue weighted by atomic mass is 9.85. The molecule has 0 aromatic carbocycles. The van der Waals surface area contributed by atoms with Crippen LogP contribution < -0.4 is 5.32 Å². The summed E-state index contributed by atoms with van der Waals surface area (Å²) in [4.78, 5) is 34.9. The van der Waals surface area contributed by atoms with Gasteiger partial charge >= 0.3 is 5.97 Å². The van der Waals surface area contributed by atoms with Gasteiger partial charge in [-0.1, -0.05) is 99.0 Å². The first-order chi connectivity index (χ1) is 18.2. The number of likely N-dealkylation sites (N-methyl/N-ethyl adjacent to an activating group) is 1. The second-order valence-corrected chi connectivity index (χ2v) is 10.6. The van der Waals surface area contributed by atoms with E-state index in [-0.39, 0.29) is 35.6 Å². The van der Waals surface area contributed by atoms with E-state index in [1.165, 1.54) is 32.6 Å². The Morgan fingerprint density at radius 2 is 1.69 bits per heavy atom. The summed E-state index contributed by atoms with van der Waals surface area (Å²) < 4.78 is 5.18. The molecule has 2 N–H and O–H groups in total. The summed E-state index contributed by atoms with van der Waals surface area (Å²) in [6, 6.07) is -0.317. The highest BCUT2D eigenvalue weighted by molar-refractivity contribution is 5.80. The summed E-state index contributed by atoms with van der Waals surface area (Å²) >= 11 is 0. The normalized spacial score (nSPS) is 13.1. The molecule has 0 spiro atoms. The Balaban J connectivity index is -0.000000497. The van der Waals surface area contributed by atoms with Crippen molar-refractivity contribution in [3.05, 3.63) is 35.6 Å². The van der Waals surface area contributed by atoms with Crippen molar-refractivity contribution in [3.8, 4) is 0 Å². The fraction of sp³-hybridized carbons (Fsp3) is 0.719. The summed E-state index contributed by atoms with van der Waals surface area (Å²) in [5.74, 6) is -0.884. The molecule has 0 heterocycles. The zero-order valence-corrected chi connectivity index (χ0v) is 27.1. The molecule has 2 amide bonds. The molecule has 0 unspecified atom stereocenters. The number of nitrogens with zero attached hydrogens (tertiary/aromatic N) is 1. The van der Waals surface area contributed by atoms with Gasteiger partial charge in [-0.25, -0.2) is 0 Å². The van der Waals surface area contributed by atoms with Crippen molar-refractivity contribution >= 4 is 17.8 Å². The van der Waals surface area contributed by atoms with E-state index in [0.29, 0.717) is 0 Å². The summed E-state index contributed by atoms with van der Waals surface area (Å²) in [7, 11) is 1.84. The molecule has 0 aliphatic heterocycles. The number of amides is 2. The van der Waals surface area contributed by atoms with Crippen molar-refractivity contribution in [1.82, 2.24) is 10.2 Å². The minimum atomic E-state index is -0.895. The minimum Gasteiger partial charge on any atom is -0.481 e. The van der Waals surface area contributed by atoms with E-state index < -0.39 is 5.97 Å². The third-order valence-electron chi connectivity index (χ3n) is 5.67. The van der Waals surface area contributed by atoms with Gasteiger partial charge in [-0.05, 0) is 37.7 Å². The van der Waals surface area contributed by atoms with E-state index in [1.807, 2.05) is 81.5 Å². The SMILES string of the molecule is CC.CC(=O)N[C@H](CC(=O)O)C(C)(C)C.CC1=CC=CCC=C1N(C)C(=O)C(C)C.CCCCCCOCC. The first-order valence-corrected chi connectivity index (χ1v) is 14.6. The molecular weight excluding hydrogens is 492 g/mol. The van der Waals surface area contributed by atoms with Gasteiger partial charge in [-0.15, -0.1) is 0 Å². The maximum Gasteiger partial charge on any atom is 0.305 e. The van der Waals surface area contributed by atoms with Crippen molar-refractivity contribution < 1.29 is 24.2 Å². The van der Waals surface area contributed by atoms with Crippen molar-refractivity contribution in [3.63, 3.8) is 0 Å². The van der Waals surface area contributed by atoms with Crippen LogP contribution in [0.2, 0.25) is 0 Å². The first kappa shape index (κ1) is 41.1. The predicted molar refractivity (Wildman–Crippen MR) is 165 cm³/mol. The van der Waals surface area contributed by atoms with Crippen molar-refractivity contribution in [2.45, 2.75) is 121 Å². The molecule has 0 aromatic heterocycles. The van der Waals surface area contributed by atoms with Crippen LogP contribution in [0.4, 0.5) is 0 Å². The number of unbranched alkanes of at least 4 members (excludes halogenated alkanes) is 3. The molecule has 228 valence electrons. The molecular formula is C32H60N2O5. The Morgan fingerprint density at radius 3 is 2.13 bits per heavy atom. The summed E-state index contributed by atoms with van der Waals surface area (Å²) in [5.41, 5.74) is 1.93. The predicted octanol–water partition coefficient (Wildman–Crippen LogP) is 7.53. The molecule has 1 rings (SSSR count). The lowest BCUT2D eigenvalue weighted by Gasteiger charge is -2.29. The van der Waals surface area contributed by atoms with E-state index in [4.69, 9.17) is 9.84 Å². The van der Waals surface area contributed by atoms with Crippen LogP contribution in [0.1, 0.15) is 115 Å². The third kappa shape index (κ3) is 23.2. The van der Waals surface area contributed by atoms with Crippen LogP contribution >= 0.6 is 0 Å². The Hall–Kier alpha value is -2.41. The van der Waals surface area contributed by atoms with Gasteiger partial charge < -0.3 is 20.1 Å². The fourth-order valence-electron chi connectivity index (χ4n) is 3.39. The molecule has 0 bridgehead atoms. The Labute approximate surface area is 240 Å². The number of hydrogen-bond acceptors (Lipinski definition) is 4. The topological polar surface area (TPSA) is 95.9 Å². The highest BCUT2D eigenvalue weighted by Crippen LogP contribution is 2.22. The first-order valence-electron chi connectivity index (χ1n) is 14.6. The van der Waals surface area contributed by atoms with Gasteiger partial charge in [-0.3, -0.25) is 14.4 Å². The van der Waals surface area contributed by atoms with Crippen LogP contribution in [0.3, 0.4) is 0 Å². The Bertz CT molecular complexity index is 739. The zero-order chi connectivity index (χ0) is 31.0. The number of carbonyl (C=O) groups excluding carboxylic acids is 2. The number of carboxylic acid groups (broad SMARTS) is 1. The van der Waals surface area contributed by atoms with Crippen LogP contribution in [0.5, 0.6) is 0 Å². The molecule has 39 heavy (non-hydrogen) atoms. The highest BCUT2D eigenvalue weighted by Gasteiger charge is 2.27. The maximum absolute atomic E-state index is 11.8.